The highest BCUT2D eigenvalue weighted by atomic mass is 16.3. The van der Waals surface area contributed by atoms with Gasteiger partial charge in [-0.2, -0.15) is 4.98 Å². The molecule has 0 bridgehead atoms. The molecule has 1 heterocycles. The van der Waals surface area contributed by atoms with Crippen LogP contribution in [0.5, 0.6) is 11.6 Å². The minimum absolute atomic E-state index is 0.0733. The fourth-order valence-corrected chi connectivity index (χ4v) is 1.59. The van der Waals surface area contributed by atoms with Crippen molar-refractivity contribution >= 4 is 0 Å². The van der Waals surface area contributed by atoms with Crippen LogP contribution in [0.15, 0.2) is 29.1 Å². The molecule has 17 heavy (non-hydrogen) atoms. The molecule has 0 fully saturated rings. The fourth-order valence-electron chi connectivity index (χ4n) is 1.59. The van der Waals surface area contributed by atoms with Crippen LogP contribution in [0.4, 0.5) is 0 Å². The number of benzene rings is 1. The number of H-pyrrole nitrogens is 1. The van der Waals surface area contributed by atoms with Crippen molar-refractivity contribution in [3.05, 3.63) is 40.2 Å². The van der Waals surface area contributed by atoms with Crippen molar-refractivity contribution in [2.24, 2.45) is 0 Å². The third-order valence-corrected chi connectivity index (χ3v) is 2.47. The van der Waals surface area contributed by atoms with Gasteiger partial charge in [-0.05, 0) is 18.6 Å². The fraction of sp³-hybridized carbons (Fsp3) is 0.167. The molecule has 1 aromatic carbocycles. The molecule has 88 valence electrons. The second-order valence-electron chi connectivity index (χ2n) is 3.62. The Morgan fingerprint density at radius 2 is 2.12 bits per heavy atom. The van der Waals surface area contributed by atoms with Crippen molar-refractivity contribution in [2.75, 3.05) is 0 Å². The van der Waals surface area contributed by atoms with Crippen LogP contribution in [-0.2, 0) is 6.42 Å². The minimum atomic E-state index is -0.363. The smallest absolute Gasteiger partial charge is 0.258 e. The van der Waals surface area contributed by atoms with Crippen LogP contribution < -0.4 is 5.56 Å². The van der Waals surface area contributed by atoms with Gasteiger partial charge in [0.1, 0.15) is 11.6 Å². The number of aromatic nitrogens is 2. The molecule has 5 nitrogen and oxygen atoms in total. The molecule has 1 aromatic heterocycles. The Kier molecular flexibility index (Phi) is 2.82. The standard InChI is InChI=1S/C12H12N2O3/c1-2-9-11(16)13-10(14-12(9)17)7-4-3-5-8(15)6-7/h3-6,15H,2H2,1H3,(H2,13,14,16,17). The van der Waals surface area contributed by atoms with Gasteiger partial charge < -0.3 is 15.2 Å². The number of phenolic OH excluding ortho intramolecular Hbond substituents is 1. The summed E-state index contributed by atoms with van der Waals surface area (Å²) in [6.07, 6.45) is 0.411. The maximum atomic E-state index is 11.6. The highest BCUT2D eigenvalue weighted by Gasteiger charge is 2.10. The summed E-state index contributed by atoms with van der Waals surface area (Å²) in [5.74, 6) is 0.0411. The van der Waals surface area contributed by atoms with Crippen LogP contribution in [0.25, 0.3) is 11.4 Å². The molecule has 0 spiro atoms. The first-order valence-electron chi connectivity index (χ1n) is 5.23. The number of rotatable bonds is 2. The van der Waals surface area contributed by atoms with Gasteiger partial charge in [-0.25, -0.2) is 0 Å². The second-order valence-corrected chi connectivity index (χ2v) is 3.62. The average molecular weight is 232 g/mol. The summed E-state index contributed by atoms with van der Waals surface area (Å²) in [6, 6.07) is 6.30. The lowest BCUT2D eigenvalue weighted by atomic mass is 10.2. The van der Waals surface area contributed by atoms with E-state index in [1.54, 1.807) is 19.1 Å². The van der Waals surface area contributed by atoms with E-state index in [2.05, 4.69) is 9.97 Å². The van der Waals surface area contributed by atoms with Crippen molar-refractivity contribution in [3.8, 4) is 23.0 Å². The maximum absolute atomic E-state index is 11.6. The molecule has 0 saturated heterocycles. The van der Waals surface area contributed by atoms with Gasteiger partial charge in [-0.3, -0.25) is 4.79 Å². The molecule has 3 N–H and O–H groups in total. The van der Waals surface area contributed by atoms with Crippen LogP contribution in [-0.4, -0.2) is 20.2 Å². The van der Waals surface area contributed by atoms with Gasteiger partial charge in [-0.1, -0.05) is 19.1 Å². The first-order valence-corrected chi connectivity index (χ1v) is 5.23. The lowest BCUT2D eigenvalue weighted by Crippen LogP contribution is -2.14. The Morgan fingerprint density at radius 1 is 1.35 bits per heavy atom. The third kappa shape index (κ3) is 2.13. The summed E-state index contributed by atoms with van der Waals surface area (Å²) in [6.45, 7) is 1.76. The molecule has 0 aliphatic rings. The van der Waals surface area contributed by atoms with Crippen LogP contribution in [0.2, 0.25) is 0 Å². The molecule has 0 atom stereocenters. The van der Waals surface area contributed by atoms with Gasteiger partial charge in [0.15, 0.2) is 0 Å². The van der Waals surface area contributed by atoms with Gasteiger partial charge in [0, 0.05) is 5.56 Å². The van der Waals surface area contributed by atoms with Crippen LogP contribution >= 0.6 is 0 Å². The Hall–Kier alpha value is -2.30. The van der Waals surface area contributed by atoms with Crippen LogP contribution in [0.1, 0.15) is 12.5 Å². The number of phenols is 1. The predicted molar refractivity (Wildman–Crippen MR) is 63.0 cm³/mol. The molecule has 0 amide bonds. The minimum Gasteiger partial charge on any atom is -0.508 e. The number of hydrogen-bond acceptors (Lipinski definition) is 4. The molecule has 2 rings (SSSR count). The lowest BCUT2D eigenvalue weighted by Gasteiger charge is -2.04. The number of hydrogen-bond donors (Lipinski definition) is 3. The van der Waals surface area contributed by atoms with E-state index in [0.29, 0.717) is 12.0 Å². The predicted octanol–water partition coefficient (Wildman–Crippen LogP) is 1.41. The molecule has 5 heteroatoms. The van der Waals surface area contributed by atoms with Gasteiger partial charge >= 0.3 is 0 Å². The number of aromatic hydroxyl groups is 2. The average Bonchev–Trinajstić information content (AvgIpc) is 2.28. The summed E-state index contributed by atoms with van der Waals surface area (Å²) in [5, 5.41) is 18.9. The first-order chi connectivity index (χ1) is 8.11. The van der Waals surface area contributed by atoms with E-state index < -0.39 is 0 Å². The van der Waals surface area contributed by atoms with Crippen molar-refractivity contribution < 1.29 is 10.2 Å². The Morgan fingerprint density at radius 3 is 2.71 bits per heavy atom. The van der Waals surface area contributed by atoms with Gasteiger partial charge in [0.05, 0.1) is 5.56 Å². The zero-order chi connectivity index (χ0) is 12.4. The summed E-state index contributed by atoms with van der Waals surface area (Å²) in [4.78, 5) is 18.1. The van der Waals surface area contributed by atoms with Gasteiger partial charge in [0.2, 0.25) is 5.88 Å². The maximum Gasteiger partial charge on any atom is 0.258 e. The summed E-state index contributed by atoms with van der Waals surface area (Å²) < 4.78 is 0. The van der Waals surface area contributed by atoms with E-state index >= 15 is 0 Å². The molecule has 0 aliphatic heterocycles. The zero-order valence-electron chi connectivity index (χ0n) is 9.27. The number of aromatic amines is 1. The van der Waals surface area contributed by atoms with E-state index in [9.17, 15) is 15.0 Å². The quantitative estimate of drug-likeness (QED) is 0.730. The van der Waals surface area contributed by atoms with E-state index in [1.807, 2.05) is 0 Å². The monoisotopic (exact) mass is 232 g/mol. The molecule has 0 unspecified atom stereocenters. The third-order valence-electron chi connectivity index (χ3n) is 2.47. The lowest BCUT2D eigenvalue weighted by molar-refractivity contribution is 0.444. The van der Waals surface area contributed by atoms with Crippen molar-refractivity contribution in [3.63, 3.8) is 0 Å². The first kappa shape index (κ1) is 11.2. The number of nitrogens with zero attached hydrogens (tertiary/aromatic N) is 1. The summed E-state index contributed by atoms with van der Waals surface area (Å²) in [7, 11) is 0. The Balaban J connectivity index is 2.58. The molecular formula is C12H12N2O3. The topological polar surface area (TPSA) is 86.2 Å². The molecule has 0 radical (unpaired) electrons. The van der Waals surface area contributed by atoms with E-state index in [1.165, 1.54) is 12.1 Å². The van der Waals surface area contributed by atoms with Gasteiger partial charge in [0.25, 0.3) is 5.56 Å². The normalized spacial score (nSPS) is 10.4. The van der Waals surface area contributed by atoms with E-state index in [-0.39, 0.29) is 28.6 Å². The summed E-state index contributed by atoms with van der Waals surface area (Å²) in [5.41, 5.74) is 0.437. The highest BCUT2D eigenvalue weighted by Crippen LogP contribution is 2.21. The number of nitrogens with one attached hydrogen (secondary N) is 1. The van der Waals surface area contributed by atoms with Crippen LogP contribution in [0, 0.1) is 0 Å². The zero-order valence-corrected chi connectivity index (χ0v) is 9.27. The molecule has 2 aromatic rings. The Labute approximate surface area is 97.4 Å². The molecular weight excluding hydrogens is 220 g/mol. The van der Waals surface area contributed by atoms with E-state index in [4.69, 9.17) is 0 Å². The SMILES string of the molecule is CCc1c(O)nc(-c2cccc(O)c2)[nH]c1=O. The Bertz CT molecular complexity index is 605. The molecule has 0 aliphatic carbocycles. The molecule has 0 saturated carbocycles. The second kappa shape index (κ2) is 4.29. The largest absolute Gasteiger partial charge is 0.508 e. The van der Waals surface area contributed by atoms with Gasteiger partial charge in [-0.15, -0.1) is 0 Å². The van der Waals surface area contributed by atoms with Crippen molar-refractivity contribution in [1.82, 2.24) is 9.97 Å². The summed E-state index contributed by atoms with van der Waals surface area (Å²) >= 11 is 0. The van der Waals surface area contributed by atoms with E-state index in [0.717, 1.165) is 0 Å². The van der Waals surface area contributed by atoms with Crippen molar-refractivity contribution in [2.45, 2.75) is 13.3 Å². The highest BCUT2D eigenvalue weighted by molar-refractivity contribution is 5.57. The van der Waals surface area contributed by atoms with Crippen LogP contribution in [0.3, 0.4) is 0 Å². The van der Waals surface area contributed by atoms with Crippen molar-refractivity contribution in [1.29, 1.82) is 0 Å².